The first kappa shape index (κ1) is 18.2. The van der Waals surface area contributed by atoms with Crippen molar-refractivity contribution in [3.63, 3.8) is 0 Å². The predicted molar refractivity (Wildman–Crippen MR) is 102 cm³/mol. The van der Waals surface area contributed by atoms with Crippen LogP contribution in [0.1, 0.15) is 12.5 Å². The molecule has 1 fully saturated rings. The van der Waals surface area contributed by atoms with E-state index in [1.54, 1.807) is 7.11 Å². The van der Waals surface area contributed by atoms with Gasteiger partial charge in [0.25, 0.3) is 0 Å². The smallest absolute Gasteiger partial charge is 0.237 e. The summed E-state index contributed by atoms with van der Waals surface area (Å²) in [6.07, 6.45) is 1.82. The molecule has 0 unspecified atom stereocenters. The lowest BCUT2D eigenvalue weighted by Gasteiger charge is -2.37. The lowest BCUT2D eigenvalue weighted by atomic mass is 10.2. The Hall–Kier alpha value is -2.60. The van der Waals surface area contributed by atoms with Crippen LogP contribution in [-0.4, -0.2) is 55.1 Å². The van der Waals surface area contributed by atoms with Gasteiger partial charge >= 0.3 is 0 Å². The van der Waals surface area contributed by atoms with E-state index in [0.717, 1.165) is 43.3 Å². The third kappa shape index (κ3) is 4.52. The molecular weight excluding hydrogens is 328 g/mol. The number of pyridine rings is 1. The number of hydrogen-bond donors (Lipinski definition) is 1. The lowest BCUT2D eigenvalue weighted by Crippen LogP contribution is -2.54. The van der Waals surface area contributed by atoms with Gasteiger partial charge in [0.1, 0.15) is 11.6 Å². The van der Waals surface area contributed by atoms with Crippen LogP contribution in [0.4, 0.5) is 5.82 Å². The molecule has 0 radical (unpaired) electrons. The van der Waals surface area contributed by atoms with Crippen LogP contribution in [0.15, 0.2) is 48.7 Å². The van der Waals surface area contributed by atoms with Crippen molar-refractivity contribution < 1.29 is 9.53 Å². The highest BCUT2D eigenvalue weighted by Gasteiger charge is 2.25. The zero-order valence-electron chi connectivity index (χ0n) is 15.4. The van der Waals surface area contributed by atoms with Crippen LogP contribution in [0, 0.1) is 0 Å². The highest BCUT2D eigenvalue weighted by Crippen LogP contribution is 2.14. The second-order valence-electron chi connectivity index (χ2n) is 6.45. The summed E-state index contributed by atoms with van der Waals surface area (Å²) in [5.41, 5.74) is 1.06. The minimum Gasteiger partial charge on any atom is -0.497 e. The molecule has 1 aliphatic heterocycles. The molecule has 1 atom stereocenters. The van der Waals surface area contributed by atoms with Crippen LogP contribution < -0.4 is 15.0 Å². The van der Waals surface area contributed by atoms with E-state index in [1.165, 1.54) is 0 Å². The Morgan fingerprint density at radius 2 is 1.88 bits per heavy atom. The van der Waals surface area contributed by atoms with E-state index in [4.69, 9.17) is 4.74 Å². The van der Waals surface area contributed by atoms with Crippen LogP contribution in [0.2, 0.25) is 0 Å². The fourth-order valence-corrected chi connectivity index (χ4v) is 3.13. The Morgan fingerprint density at radius 1 is 1.15 bits per heavy atom. The average molecular weight is 354 g/mol. The molecule has 0 aliphatic carbocycles. The quantitative estimate of drug-likeness (QED) is 0.859. The van der Waals surface area contributed by atoms with E-state index in [-0.39, 0.29) is 11.9 Å². The summed E-state index contributed by atoms with van der Waals surface area (Å²) in [5, 5.41) is 3.03. The summed E-state index contributed by atoms with van der Waals surface area (Å²) < 4.78 is 5.15. The zero-order chi connectivity index (χ0) is 18.4. The molecule has 1 aromatic carbocycles. The number of aromatic nitrogens is 1. The maximum atomic E-state index is 12.5. The number of carbonyl (C=O) groups is 1. The van der Waals surface area contributed by atoms with Gasteiger partial charge in [0.05, 0.1) is 13.2 Å². The van der Waals surface area contributed by atoms with Crippen LogP contribution in [0.25, 0.3) is 0 Å². The Bertz CT molecular complexity index is 698. The summed E-state index contributed by atoms with van der Waals surface area (Å²) in [5.74, 6) is 1.88. The maximum absolute atomic E-state index is 12.5. The number of piperazine rings is 1. The van der Waals surface area contributed by atoms with E-state index < -0.39 is 0 Å². The molecule has 6 heteroatoms. The molecule has 3 rings (SSSR count). The van der Waals surface area contributed by atoms with Gasteiger partial charge in [-0.05, 0) is 36.8 Å². The normalized spacial score (nSPS) is 16.2. The van der Waals surface area contributed by atoms with Crippen molar-refractivity contribution in [2.24, 2.45) is 0 Å². The van der Waals surface area contributed by atoms with Crippen molar-refractivity contribution in [3.05, 3.63) is 54.2 Å². The van der Waals surface area contributed by atoms with E-state index in [2.05, 4.69) is 20.1 Å². The Morgan fingerprint density at radius 3 is 2.50 bits per heavy atom. The minimum atomic E-state index is -0.140. The van der Waals surface area contributed by atoms with Crippen molar-refractivity contribution in [3.8, 4) is 5.75 Å². The molecule has 26 heavy (non-hydrogen) atoms. The van der Waals surface area contributed by atoms with Gasteiger partial charge in [-0.2, -0.15) is 0 Å². The third-order valence-corrected chi connectivity index (χ3v) is 4.84. The molecule has 1 saturated heterocycles. The summed E-state index contributed by atoms with van der Waals surface area (Å²) in [4.78, 5) is 21.4. The number of amides is 1. The van der Waals surface area contributed by atoms with Gasteiger partial charge in [0.15, 0.2) is 0 Å². The van der Waals surface area contributed by atoms with Crippen LogP contribution >= 0.6 is 0 Å². The number of methoxy groups -OCH3 is 1. The monoisotopic (exact) mass is 354 g/mol. The highest BCUT2D eigenvalue weighted by atomic mass is 16.5. The van der Waals surface area contributed by atoms with Crippen LogP contribution in [-0.2, 0) is 11.3 Å². The van der Waals surface area contributed by atoms with Crippen molar-refractivity contribution in [2.45, 2.75) is 19.5 Å². The Kier molecular flexibility index (Phi) is 6.07. The number of benzene rings is 1. The average Bonchev–Trinajstić information content (AvgIpc) is 2.72. The number of hydrogen-bond acceptors (Lipinski definition) is 5. The van der Waals surface area contributed by atoms with E-state index >= 15 is 0 Å². The highest BCUT2D eigenvalue weighted by molar-refractivity contribution is 5.81. The molecular formula is C20H26N4O2. The molecule has 0 bridgehead atoms. The number of rotatable bonds is 6. The van der Waals surface area contributed by atoms with Crippen molar-refractivity contribution >= 4 is 11.7 Å². The fraction of sp³-hybridized carbons (Fsp3) is 0.400. The van der Waals surface area contributed by atoms with Crippen LogP contribution in [0.3, 0.4) is 0 Å². The largest absolute Gasteiger partial charge is 0.497 e. The SMILES string of the molecule is COc1ccc(CNC(=O)[C@@H](C)N2CCN(c3ccccn3)CC2)cc1. The van der Waals surface area contributed by atoms with Gasteiger partial charge < -0.3 is 15.0 Å². The van der Waals surface area contributed by atoms with Crippen LogP contribution in [0.5, 0.6) is 5.75 Å². The summed E-state index contributed by atoms with van der Waals surface area (Å²) in [7, 11) is 1.64. The minimum absolute atomic E-state index is 0.0621. The van der Waals surface area contributed by atoms with E-state index in [1.807, 2.05) is 55.6 Å². The lowest BCUT2D eigenvalue weighted by molar-refractivity contribution is -0.126. The second-order valence-corrected chi connectivity index (χ2v) is 6.45. The van der Waals surface area contributed by atoms with Gasteiger partial charge in [-0.25, -0.2) is 4.98 Å². The number of carbonyl (C=O) groups excluding carboxylic acids is 1. The molecule has 1 aliphatic rings. The van der Waals surface area contributed by atoms with E-state index in [0.29, 0.717) is 6.54 Å². The molecule has 138 valence electrons. The number of ether oxygens (including phenoxy) is 1. The first-order valence-corrected chi connectivity index (χ1v) is 8.98. The Balaban J connectivity index is 1.46. The second kappa shape index (κ2) is 8.67. The first-order valence-electron chi connectivity index (χ1n) is 8.98. The maximum Gasteiger partial charge on any atom is 0.237 e. The zero-order valence-corrected chi connectivity index (χ0v) is 15.4. The number of anilines is 1. The summed E-state index contributed by atoms with van der Waals surface area (Å²) in [6.45, 7) is 5.97. The molecule has 0 spiro atoms. The number of nitrogens with one attached hydrogen (secondary N) is 1. The van der Waals surface area contributed by atoms with Gasteiger partial charge in [-0.3, -0.25) is 9.69 Å². The first-order chi connectivity index (χ1) is 12.7. The molecule has 2 aromatic rings. The van der Waals surface area contributed by atoms with Gasteiger partial charge in [-0.1, -0.05) is 18.2 Å². The van der Waals surface area contributed by atoms with Gasteiger partial charge in [0.2, 0.25) is 5.91 Å². The standard InChI is InChI=1S/C20H26N4O2/c1-16(20(25)22-15-17-6-8-18(26-2)9-7-17)23-11-13-24(14-12-23)19-5-3-4-10-21-19/h3-10,16H,11-15H2,1-2H3,(H,22,25)/t16-/m1/s1. The molecule has 1 aromatic heterocycles. The van der Waals surface area contributed by atoms with Crippen molar-refractivity contribution in [1.82, 2.24) is 15.2 Å². The van der Waals surface area contributed by atoms with Gasteiger partial charge in [-0.15, -0.1) is 0 Å². The topological polar surface area (TPSA) is 57.7 Å². The molecule has 1 amide bonds. The fourth-order valence-electron chi connectivity index (χ4n) is 3.13. The summed E-state index contributed by atoms with van der Waals surface area (Å²) >= 11 is 0. The molecule has 0 saturated carbocycles. The molecule has 1 N–H and O–H groups in total. The third-order valence-electron chi connectivity index (χ3n) is 4.84. The van der Waals surface area contributed by atoms with Gasteiger partial charge in [0, 0.05) is 38.9 Å². The predicted octanol–water partition coefficient (Wildman–Crippen LogP) is 1.92. The van der Waals surface area contributed by atoms with Crippen molar-refractivity contribution in [1.29, 1.82) is 0 Å². The number of nitrogens with zero attached hydrogens (tertiary/aromatic N) is 3. The Labute approximate surface area is 154 Å². The van der Waals surface area contributed by atoms with E-state index in [9.17, 15) is 4.79 Å². The molecule has 6 nitrogen and oxygen atoms in total. The molecule has 2 heterocycles. The summed E-state index contributed by atoms with van der Waals surface area (Å²) in [6, 6.07) is 13.6. The van der Waals surface area contributed by atoms with Crippen molar-refractivity contribution in [2.75, 3.05) is 38.2 Å².